The molecule has 0 spiro atoms. The molecule has 1 aromatic heterocycles. The van der Waals surface area contributed by atoms with Crippen molar-refractivity contribution in [1.29, 1.82) is 0 Å². The molecule has 0 fully saturated rings. The molecule has 0 unspecified atom stereocenters. The van der Waals surface area contributed by atoms with Crippen LogP contribution in [-0.2, 0) is 6.54 Å². The molecule has 6 heteroatoms. The zero-order chi connectivity index (χ0) is 20.3. The molecule has 146 valence electrons. The molecule has 3 aromatic carbocycles. The monoisotopic (exact) mass is 456 g/mol. The Morgan fingerprint density at radius 2 is 1.50 bits per heavy atom. The van der Waals surface area contributed by atoms with Crippen molar-refractivity contribution in [3.8, 4) is 11.8 Å². The van der Waals surface area contributed by atoms with E-state index in [0.717, 1.165) is 27.0 Å². The summed E-state index contributed by atoms with van der Waals surface area (Å²) in [4.78, 5) is 8.76. The largest absolute Gasteiger partial charge is 0.423 e. The van der Waals surface area contributed by atoms with Crippen LogP contribution in [-0.4, -0.2) is 15.7 Å². The van der Waals surface area contributed by atoms with Gasteiger partial charge in [-0.05, 0) is 33.6 Å². The number of rotatable bonds is 4. The lowest BCUT2D eigenvalue weighted by Crippen LogP contribution is -2.26. The first kappa shape index (κ1) is 18.5. The maximum Gasteiger partial charge on any atom is 0.322 e. The van der Waals surface area contributed by atoms with E-state index >= 15 is 0 Å². The van der Waals surface area contributed by atoms with Crippen LogP contribution in [0.3, 0.4) is 0 Å². The maximum absolute atomic E-state index is 5.77. The number of nitrogens with zero attached hydrogens (tertiary/aromatic N) is 4. The summed E-state index contributed by atoms with van der Waals surface area (Å²) in [6, 6.07) is 26.4. The van der Waals surface area contributed by atoms with Gasteiger partial charge >= 0.3 is 6.01 Å². The van der Waals surface area contributed by atoms with Crippen molar-refractivity contribution in [2.45, 2.75) is 6.54 Å². The third-order valence-corrected chi connectivity index (χ3v) is 5.47. The number of anilines is 1. The van der Waals surface area contributed by atoms with Gasteiger partial charge in [-0.25, -0.2) is 9.97 Å². The second kappa shape index (κ2) is 8.08. The Bertz CT molecular complexity index is 1210. The molecule has 2 heterocycles. The molecule has 0 saturated carbocycles. The summed E-state index contributed by atoms with van der Waals surface area (Å²) in [6.07, 6.45) is 3.47. The third kappa shape index (κ3) is 3.69. The van der Waals surface area contributed by atoms with E-state index in [1.165, 1.54) is 5.56 Å². The van der Waals surface area contributed by atoms with Gasteiger partial charge in [0.15, 0.2) is 0 Å². The number of hydrogen-bond acceptors (Lipinski definition) is 5. The van der Waals surface area contributed by atoms with Crippen LogP contribution in [0.4, 0.5) is 5.69 Å². The first-order valence-electron chi connectivity index (χ1n) is 9.52. The zero-order valence-electron chi connectivity index (χ0n) is 15.9. The molecule has 0 N–H and O–H groups in total. The molecule has 0 amide bonds. The fraction of sp³-hybridized carbons (Fsp3) is 0.0417. The first-order chi connectivity index (χ1) is 14.8. The van der Waals surface area contributed by atoms with E-state index in [-0.39, 0.29) is 6.01 Å². The highest BCUT2D eigenvalue weighted by molar-refractivity contribution is 9.10. The van der Waals surface area contributed by atoms with Crippen LogP contribution >= 0.6 is 15.9 Å². The number of ether oxygens (including phenoxy) is 1. The van der Waals surface area contributed by atoms with Gasteiger partial charge in [0.25, 0.3) is 0 Å². The number of benzene rings is 3. The van der Waals surface area contributed by atoms with Crippen molar-refractivity contribution in [2.75, 3.05) is 5.01 Å². The molecule has 4 aromatic rings. The second-order valence-electron chi connectivity index (χ2n) is 6.79. The molecule has 1 aliphatic rings. The fourth-order valence-corrected chi connectivity index (χ4v) is 3.71. The Hall–Kier alpha value is -3.51. The average molecular weight is 457 g/mol. The van der Waals surface area contributed by atoms with Gasteiger partial charge in [-0.15, -0.1) is 0 Å². The topological polar surface area (TPSA) is 50.6 Å². The number of hydrazone groups is 1. The van der Waals surface area contributed by atoms with E-state index in [1.54, 1.807) is 12.4 Å². The number of halogens is 1. The lowest BCUT2D eigenvalue weighted by atomic mass is 9.96. The summed E-state index contributed by atoms with van der Waals surface area (Å²) in [7, 11) is 0. The van der Waals surface area contributed by atoms with E-state index in [1.807, 2.05) is 53.5 Å². The number of fused-ring (bicyclic) bond motifs is 1. The highest BCUT2D eigenvalue weighted by Crippen LogP contribution is 2.29. The predicted octanol–water partition coefficient (Wildman–Crippen LogP) is 5.80. The molecule has 5 rings (SSSR count). The van der Waals surface area contributed by atoms with E-state index < -0.39 is 0 Å². The highest BCUT2D eigenvalue weighted by Gasteiger charge is 2.21. The first-order valence-corrected chi connectivity index (χ1v) is 10.3. The standard InChI is InChI=1S/C24H17BrN4O/c25-21-12-6-7-13-22(21)30-24-26-14-19(15-27-24)29-16-18-10-4-5-11-20(18)23(28-29)17-8-2-1-3-9-17/h1-15H,16H2. The number of hydrogen-bond donors (Lipinski definition) is 0. The quantitative estimate of drug-likeness (QED) is 0.389. The normalized spacial score (nSPS) is 12.8. The van der Waals surface area contributed by atoms with Crippen molar-refractivity contribution in [3.63, 3.8) is 0 Å². The zero-order valence-corrected chi connectivity index (χ0v) is 17.5. The predicted molar refractivity (Wildman–Crippen MR) is 121 cm³/mol. The minimum atomic E-state index is 0.287. The molecular formula is C24H17BrN4O. The minimum absolute atomic E-state index is 0.287. The lowest BCUT2D eigenvalue weighted by molar-refractivity contribution is 0.439. The molecule has 0 radical (unpaired) electrons. The van der Waals surface area contributed by atoms with Crippen molar-refractivity contribution in [2.24, 2.45) is 5.10 Å². The van der Waals surface area contributed by atoms with Gasteiger partial charge in [-0.2, -0.15) is 5.10 Å². The summed E-state index contributed by atoms with van der Waals surface area (Å²) in [5, 5.41) is 6.84. The molecular weight excluding hydrogens is 440 g/mol. The average Bonchev–Trinajstić information content (AvgIpc) is 2.81. The van der Waals surface area contributed by atoms with Gasteiger partial charge in [0.2, 0.25) is 0 Å². The van der Waals surface area contributed by atoms with Crippen LogP contribution in [0.15, 0.2) is 101 Å². The summed E-state index contributed by atoms with van der Waals surface area (Å²) in [6.45, 7) is 0.653. The molecule has 0 atom stereocenters. The SMILES string of the molecule is Brc1ccccc1Oc1ncc(N2Cc3ccccc3C(c3ccccc3)=N2)cn1. The lowest BCUT2D eigenvalue weighted by Gasteiger charge is -2.27. The molecule has 0 aliphatic carbocycles. The summed E-state index contributed by atoms with van der Waals surface area (Å²) >= 11 is 3.47. The van der Waals surface area contributed by atoms with Crippen LogP contribution in [0.2, 0.25) is 0 Å². The smallest absolute Gasteiger partial charge is 0.322 e. The highest BCUT2D eigenvalue weighted by atomic mass is 79.9. The van der Waals surface area contributed by atoms with Gasteiger partial charge in [0.1, 0.15) is 5.75 Å². The Morgan fingerprint density at radius 3 is 2.30 bits per heavy atom. The van der Waals surface area contributed by atoms with E-state index in [0.29, 0.717) is 12.3 Å². The van der Waals surface area contributed by atoms with Gasteiger partial charge in [0, 0.05) is 11.1 Å². The Labute approximate surface area is 182 Å². The Balaban J connectivity index is 1.46. The van der Waals surface area contributed by atoms with Crippen LogP contribution < -0.4 is 9.75 Å². The number of para-hydroxylation sites is 1. The van der Waals surface area contributed by atoms with Crippen LogP contribution in [0, 0.1) is 0 Å². The Kier molecular flexibility index (Phi) is 4.99. The van der Waals surface area contributed by atoms with Gasteiger partial charge in [-0.1, -0.05) is 66.7 Å². The number of aromatic nitrogens is 2. The van der Waals surface area contributed by atoms with E-state index in [4.69, 9.17) is 9.84 Å². The summed E-state index contributed by atoms with van der Waals surface area (Å²) in [5.41, 5.74) is 5.17. The van der Waals surface area contributed by atoms with E-state index in [2.05, 4.69) is 56.2 Å². The molecule has 30 heavy (non-hydrogen) atoms. The molecule has 0 bridgehead atoms. The summed E-state index contributed by atoms with van der Waals surface area (Å²) < 4.78 is 6.62. The summed E-state index contributed by atoms with van der Waals surface area (Å²) in [5.74, 6) is 0.668. The Morgan fingerprint density at radius 1 is 0.800 bits per heavy atom. The van der Waals surface area contributed by atoms with Gasteiger partial charge in [-0.3, -0.25) is 5.01 Å². The van der Waals surface area contributed by atoms with Crippen molar-refractivity contribution < 1.29 is 4.74 Å². The fourth-order valence-electron chi connectivity index (χ4n) is 3.34. The van der Waals surface area contributed by atoms with Crippen LogP contribution in [0.1, 0.15) is 16.7 Å². The van der Waals surface area contributed by atoms with Crippen LogP contribution in [0.5, 0.6) is 11.8 Å². The van der Waals surface area contributed by atoms with Gasteiger partial charge < -0.3 is 4.74 Å². The molecule has 1 aliphatic heterocycles. The third-order valence-electron chi connectivity index (χ3n) is 4.81. The van der Waals surface area contributed by atoms with Gasteiger partial charge in [0.05, 0.1) is 34.8 Å². The molecule has 0 saturated heterocycles. The van der Waals surface area contributed by atoms with Crippen molar-refractivity contribution >= 4 is 27.3 Å². The van der Waals surface area contributed by atoms with E-state index in [9.17, 15) is 0 Å². The second-order valence-corrected chi connectivity index (χ2v) is 7.64. The van der Waals surface area contributed by atoms with Crippen molar-refractivity contribution in [3.05, 3.63) is 112 Å². The minimum Gasteiger partial charge on any atom is -0.423 e. The maximum atomic E-state index is 5.77. The molecule has 5 nitrogen and oxygen atoms in total. The van der Waals surface area contributed by atoms with Crippen LogP contribution in [0.25, 0.3) is 0 Å². The van der Waals surface area contributed by atoms with Crippen molar-refractivity contribution in [1.82, 2.24) is 9.97 Å².